The van der Waals surface area contributed by atoms with Gasteiger partial charge in [-0.15, -0.1) is 11.3 Å². The van der Waals surface area contributed by atoms with E-state index in [1.807, 2.05) is 31.4 Å². The molecular weight excluding hydrogens is 262 g/mol. The molecule has 1 fully saturated rings. The molecular formula is C14H19NO3S. The summed E-state index contributed by atoms with van der Waals surface area (Å²) >= 11 is 1.43. The Bertz CT molecular complexity index is 444. The highest BCUT2D eigenvalue weighted by Gasteiger charge is 2.29. The Hall–Kier alpha value is -1.20. The summed E-state index contributed by atoms with van der Waals surface area (Å²) in [5.74, 6) is -0.0284. The van der Waals surface area contributed by atoms with E-state index in [2.05, 4.69) is 5.32 Å². The molecule has 1 aromatic rings. The minimum absolute atomic E-state index is 0.0727. The van der Waals surface area contributed by atoms with Crippen molar-refractivity contribution in [3.05, 3.63) is 22.4 Å². The molecule has 0 unspecified atom stereocenters. The Balaban J connectivity index is 1.79. The van der Waals surface area contributed by atoms with Crippen molar-refractivity contribution >= 4 is 23.0 Å². The van der Waals surface area contributed by atoms with Crippen molar-refractivity contribution < 1.29 is 14.3 Å². The number of hydrogen-bond acceptors (Lipinski definition) is 4. The zero-order chi connectivity index (χ0) is 13.8. The van der Waals surface area contributed by atoms with Crippen LogP contribution >= 0.6 is 11.3 Å². The number of amides is 1. The highest BCUT2D eigenvalue weighted by molar-refractivity contribution is 7.12. The molecule has 3 atom stereocenters. The standard InChI is InChI=1S/C14H19NO3S/c1-9(8-11(16)13-4-3-7-19-13)15-14(17)12-6-5-10(2)18-12/h3-4,7,9-10,12H,5-6,8H2,1-2H3,(H,15,17)/t9-,10-,12-/m1/s1. The number of thiophene rings is 1. The molecule has 0 radical (unpaired) electrons. The molecule has 1 N–H and O–H groups in total. The molecule has 4 nitrogen and oxygen atoms in total. The summed E-state index contributed by atoms with van der Waals surface area (Å²) in [4.78, 5) is 24.6. The minimum Gasteiger partial charge on any atom is -0.365 e. The van der Waals surface area contributed by atoms with Crippen LogP contribution in [0.2, 0.25) is 0 Å². The van der Waals surface area contributed by atoms with Crippen molar-refractivity contribution in [2.45, 2.75) is 51.4 Å². The fraction of sp³-hybridized carbons (Fsp3) is 0.571. The zero-order valence-electron chi connectivity index (χ0n) is 11.2. The third kappa shape index (κ3) is 3.88. The molecule has 104 valence electrons. The van der Waals surface area contributed by atoms with Crippen molar-refractivity contribution in [2.24, 2.45) is 0 Å². The van der Waals surface area contributed by atoms with E-state index in [0.717, 1.165) is 17.7 Å². The molecule has 1 aliphatic rings. The number of ketones is 1. The summed E-state index contributed by atoms with van der Waals surface area (Å²) in [5, 5.41) is 4.73. The quantitative estimate of drug-likeness (QED) is 0.843. The molecule has 0 saturated carbocycles. The third-order valence-electron chi connectivity index (χ3n) is 3.20. The first-order chi connectivity index (χ1) is 9.06. The van der Waals surface area contributed by atoms with Crippen LogP contribution in [0.1, 0.15) is 42.8 Å². The van der Waals surface area contributed by atoms with Gasteiger partial charge in [0, 0.05) is 12.5 Å². The zero-order valence-corrected chi connectivity index (χ0v) is 12.0. The normalized spacial score (nSPS) is 24.1. The van der Waals surface area contributed by atoms with Crippen molar-refractivity contribution in [2.75, 3.05) is 0 Å². The van der Waals surface area contributed by atoms with Crippen molar-refractivity contribution in [1.82, 2.24) is 5.32 Å². The number of ether oxygens (including phenoxy) is 1. The van der Waals surface area contributed by atoms with E-state index in [4.69, 9.17) is 4.74 Å². The molecule has 19 heavy (non-hydrogen) atoms. The van der Waals surface area contributed by atoms with Gasteiger partial charge in [0.1, 0.15) is 6.10 Å². The Morgan fingerprint density at radius 1 is 1.53 bits per heavy atom. The number of carbonyl (C=O) groups excluding carboxylic acids is 2. The van der Waals surface area contributed by atoms with Crippen LogP contribution in [0.5, 0.6) is 0 Å². The van der Waals surface area contributed by atoms with Crippen molar-refractivity contribution in [1.29, 1.82) is 0 Å². The number of Topliss-reactive ketones (excluding diaryl/α,β-unsaturated/α-hetero) is 1. The molecule has 0 bridgehead atoms. The van der Waals surface area contributed by atoms with E-state index >= 15 is 0 Å². The van der Waals surface area contributed by atoms with Crippen LogP contribution in [0.15, 0.2) is 17.5 Å². The molecule has 1 amide bonds. The number of hydrogen-bond donors (Lipinski definition) is 1. The van der Waals surface area contributed by atoms with Crippen molar-refractivity contribution in [3.63, 3.8) is 0 Å². The average molecular weight is 281 g/mol. The molecule has 2 rings (SSSR count). The summed E-state index contributed by atoms with van der Waals surface area (Å²) in [6.07, 6.45) is 1.81. The lowest BCUT2D eigenvalue weighted by molar-refractivity contribution is -0.132. The maximum atomic E-state index is 11.9. The largest absolute Gasteiger partial charge is 0.365 e. The second kappa shape index (κ2) is 6.30. The van der Waals surface area contributed by atoms with Gasteiger partial charge in [-0.05, 0) is 38.1 Å². The van der Waals surface area contributed by atoms with E-state index in [1.54, 1.807) is 0 Å². The van der Waals surface area contributed by atoms with Crippen LogP contribution in [-0.4, -0.2) is 29.9 Å². The van der Waals surface area contributed by atoms with Gasteiger partial charge in [-0.3, -0.25) is 9.59 Å². The molecule has 2 heterocycles. The van der Waals surface area contributed by atoms with E-state index in [-0.39, 0.29) is 29.9 Å². The Kier molecular flexibility index (Phi) is 4.71. The van der Waals surface area contributed by atoms with Gasteiger partial charge in [0.2, 0.25) is 5.91 Å². The Labute approximate surface area is 117 Å². The second-order valence-corrected chi connectivity index (χ2v) is 5.97. The molecule has 0 aromatic carbocycles. The first kappa shape index (κ1) is 14.2. The summed E-state index contributed by atoms with van der Waals surface area (Å²) in [5.41, 5.74) is 0. The smallest absolute Gasteiger partial charge is 0.249 e. The summed E-state index contributed by atoms with van der Waals surface area (Å²) in [7, 11) is 0. The predicted octanol–water partition coefficient (Wildman–Crippen LogP) is 2.39. The van der Waals surface area contributed by atoms with Crippen LogP contribution in [-0.2, 0) is 9.53 Å². The predicted molar refractivity (Wildman–Crippen MR) is 74.4 cm³/mol. The maximum absolute atomic E-state index is 11.9. The fourth-order valence-electron chi connectivity index (χ4n) is 2.20. The van der Waals surface area contributed by atoms with E-state index in [1.165, 1.54) is 11.3 Å². The van der Waals surface area contributed by atoms with E-state index < -0.39 is 0 Å². The van der Waals surface area contributed by atoms with Gasteiger partial charge in [0.15, 0.2) is 5.78 Å². The summed E-state index contributed by atoms with van der Waals surface area (Å²) in [6, 6.07) is 3.50. The van der Waals surface area contributed by atoms with Crippen LogP contribution in [0.25, 0.3) is 0 Å². The molecule has 1 aromatic heterocycles. The van der Waals surface area contributed by atoms with E-state index in [0.29, 0.717) is 6.42 Å². The lowest BCUT2D eigenvalue weighted by Crippen LogP contribution is -2.40. The number of carbonyl (C=O) groups is 2. The molecule has 1 aliphatic heterocycles. The number of rotatable bonds is 5. The highest BCUT2D eigenvalue weighted by Crippen LogP contribution is 2.19. The minimum atomic E-state index is -0.353. The fourth-order valence-corrected chi connectivity index (χ4v) is 2.87. The van der Waals surface area contributed by atoms with Crippen LogP contribution in [0, 0.1) is 0 Å². The molecule has 5 heteroatoms. The maximum Gasteiger partial charge on any atom is 0.249 e. The van der Waals surface area contributed by atoms with Gasteiger partial charge in [-0.2, -0.15) is 0 Å². The SMILES string of the molecule is C[C@H](CC(=O)c1cccs1)NC(=O)[C@H]1CC[C@@H](C)O1. The van der Waals surface area contributed by atoms with Crippen LogP contribution < -0.4 is 5.32 Å². The third-order valence-corrected chi connectivity index (χ3v) is 4.11. The Morgan fingerprint density at radius 2 is 2.32 bits per heavy atom. The van der Waals surface area contributed by atoms with Crippen LogP contribution in [0.4, 0.5) is 0 Å². The average Bonchev–Trinajstić information content (AvgIpc) is 2.98. The van der Waals surface area contributed by atoms with Gasteiger partial charge in [0.05, 0.1) is 11.0 Å². The van der Waals surface area contributed by atoms with Crippen molar-refractivity contribution in [3.8, 4) is 0 Å². The van der Waals surface area contributed by atoms with Gasteiger partial charge in [-0.1, -0.05) is 6.07 Å². The van der Waals surface area contributed by atoms with Gasteiger partial charge in [0.25, 0.3) is 0 Å². The second-order valence-electron chi connectivity index (χ2n) is 5.03. The number of nitrogens with one attached hydrogen (secondary N) is 1. The molecule has 1 saturated heterocycles. The lowest BCUT2D eigenvalue weighted by atomic mass is 10.1. The highest BCUT2D eigenvalue weighted by atomic mass is 32.1. The first-order valence-corrected chi connectivity index (χ1v) is 7.46. The van der Waals surface area contributed by atoms with Gasteiger partial charge in [-0.25, -0.2) is 0 Å². The van der Waals surface area contributed by atoms with Crippen LogP contribution in [0.3, 0.4) is 0 Å². The van der Waals surface area contributed by atoms with Gasteiger partial charge >= 0.3 is 0 Å². The lowest BCUT2D eigenvalue weighted by Gasteiger charge is -2.16. The molecule has 0 aliphatic carbocycles. The molecule has 0 spiro atoms. The Morgan fingerprint density at radius 3 is 2.89 bits per heavy atom. The van der Waals surface area contributed by atoms with Gasteiger partial charge < -0.3 is 10.1 Å². The van der Waals surface area contributed by atoms with E-state index in [9.17, 15) is 9.59 Å². The monoisotopic (exact) mass is 281 g/mol. The first-order valence-electron chi connectivity index (χ1n) is 6.59. The summed E-state index contributed by atoms with van der Waals surface area (Å²) in [6.45, 7) is 3.82. The summed E-state index contributed by atoms with van der Waals surface area (Å²) < 4.78 is 5.51. The topological polar surface area (TPSA) is 55.4 Å².